The molecule has 0 spiro atoms. The Labute approximate surface area is 154 Å². The number of nitrogens with zero attached hydrogens (tertiary/aromatic N) is 1. The third-order valence-corrected chi connectivity index (χ3v) is 3.55. The van der Waals surface area contributed by atoms with E-state index in [1.54, 1.807) is 30.3 Å². The molecule has 2 N–H and O–H groups in total. The number of pyridine rings is 1. The van der Waals surface area contributed by atoms with Crippen LogP contribution in [0.4, 0.5) is 5.69 Å². The van der Waals surface area contributed by atoms with Gasteiger partial charge in [-0.1, -0.05) is 13.3 Å². The fourth-order valence-corrected chi connectivity index (χ4v) is 2.26. The average molecular weight is 355 g/mol. The molecule has 6 nitrogen and oxygen atoms in total. The lowest BCUT2D eigenvalue weighted by molar-refractivity contribution is 0.0953. The van der Waals surface area contributed by atoms with Gasteiger partial charge in [-0.15, -0.1) is 0 Å². The number of ether oxygens (including phenoxy) is 1. The molecule has 6 heteroatoms. The zero-order valence-corrected chi connectivity index (χ0v) is 15.4. The lowest BCUT2D eigenvalue weighted by Crippen LogP contribution is -2.25. The number of amides is 2. The van der Waals surface area contributed by atoms with Gasteiger partial charge in [0.05, 0.1) is 6.10 Å². The molecule has 1 heterocycles. The summed E-state index contributed by atoms with van der Waals surface area (Å²) in [4.78, 5) is 28.5. The highest BCUT2D eigenvalue weighted by Crippen LogP contribution is 2.17. The number of anilines is 1. The molecule has 0 bridgehead atoms. The summed E-state index contributed by atoms with van der Waals surface area (Å²) in [6, 6.07) is 10.2. The van der Waals surface area contributed by atoms with Crippen LogP contribution in [0.2, 0.25) is 0 Å². The molecule has 0 saturated carbocycles. The van der Waals surface area contributed by atoms with Crippen LogP contribution in [0.1, 0.15) is 54.5 Å². The predicted octanol–water partition coefficient (Wildman–Crippen LogP) is 3.65. The maximum Gasteiger partial charge on any atom is 0.274 e. The van der Waals surface area contributed by atoms with Gasteiger partial charge in [-0.25, -0.2) is 0 Å². The third kappa shape index (κ3) is 5.88. The van der Waals surface area contributed by atoms with Crippen LogP contribution < -0.4 is 15.4 Å². The van der Waals surface area contributed by atoms with Crippen molar-refractivity contribution in [3.05, 3.63) is 53.9 Å². The molecule has 0 aliphatic heterocycles. The number of rotatable bonds is 8. The molecule has 0 radical (unpaired) electrons. The molecule has 1 aromatic heterocycles. The normalized spacial score (nSPS) is 10.5. The highest BCUT2D eigenvalue weighted by Gasteiger charge is 2.12. The number of aromatic nitrogens is 1. The Kier molecular flexibility index (Phi) is 7.14. The second-order valence-corrected chi connectivity index (χ2v) is 6.18. The van der Waals surface area contributed by atoms with E-state index < -0.39 is 0 Å². The maximum atomic E-state index is 12.4. The SMILES string of the molecule is CCCCNC(=O)c1ccnc(C(=O)Nc2ccc(OC(C)C)cc2)c1. The summed E-state index contributed by atoms with van der Waals surface area (Å²) in [7, 11) is 0. The summed E-state index contributed by atoms with van der Waals surface area (Å²) in [5.41, 5.74) is 1.24. The molecule has 26 heavy (non-hydrogen) atoms. The van der Waals surface area contributed by atoms with Crippen LogP contribution >= 0.6 is 0 Å². The van der Waals surface area contributed by atoms with E-state index in [1.165, 1.54) is 12.3 Å². The van der Waals surface area contributed by atoms with Gasteiger partial charge < -0.3 is 15.4 Å². The number of hydrogen-bond acceptors (Lipinski definition) is 4. The summed E-state index contributed by atoms with van der Waals surface area (Å²) in [6.45, 7) is 6.58. The van der Waals surface area contributed by atoms with Crippen LogP contribution in [0.5, 0.6) is 5.75 Å². The topological polar surface area (TPSA) is 80.3 Å². The Morgan fingerprint density at radius 2 is 1.85 bits per heavy atom. The Hall–Kier alpha value is -2.89. The smallest absolute Gasteiger partial charge is 0.274 e. The van der Waals surface area contributed by atoms with E-state index in [2.05, 4.69) is 22.5 Å². The number of unbranched alkanes of at least 4 members (excludes halogenated alkanes) is 1. The van der Waals surface area contributed by atoms with E-state index in [0.29, 0.717) is 17.8 Å². The first-order valence-corrected chi connectivity index (χ1v) is 8.82. The highest BCUT2D eigenvalue weighted by atomic mass is 16.5. The van der Waals surface area contributed by atoms with Crippen LogP contribution in [-0.4, -0.2) is 29.4 Å². The summed E-state index contributed by atoms with van der Waals surface area (Å²) in [5, 5.41) is 5.59. The first-order valence-electron chi connectivity index (χ1n) is 8.82. The monoisotopic (exact) mass is 355 g/mol. The molecular weight excluding hydrogens is 330 g/mol. The molecule has 2 rings (SSSR count). The summed E-state index contributed by atoms with van der Waals surface area (Å²) in [6.07, 6.45) is 3.47. The van der Waals surface area contributed by atoms with Crippen LogP contribution in [0.3, 0.4) is 0 Å². The van der Waals surface area contributed by atoms with E-state index in [4.69, 9.17) is 4.74 Å². The fourth-order valence-electron chi connectivity index (χ4n) is 2.26. The quantitative estimate of drug-likeness (QED) is 0.708. The minimum absolute atomic E-state index is 0.0888. The minimum Gasteiger partial charge on any atom is -0.491 e. The van der Waals surface area contributed by atoms with Crippen molar-refractivity contribution in [2.75, 3.05) is 11.9 Å². The van der Waals surface area contributed by atoms with E-state index in [9.17, 15) is 9.59 Å². The van der Waals surface area contributed by atoms with E-state index in [1.807, 2.05) is 13.8 Å². The van der Waals surface area contributed by atoms with Gasteiger partial charge in [0.1, 0.15) is 11.4 Å². The van der Waals surface area contributed by atoms with Gasteiger partial charge in [-0.3, -0.25) is 14.6 Å². The van der Waals surface area contributed by atoms with Crippen molar-refractivity contribution < 1.29 is 14.3 Å². The Morgan fingerprint density at radius 3 is 2.50 bits per heavy atom. The van der Waals surface area contributed by atoms with Gasteiger partial charge >= 0.3 is 0 Å². The van der Waals surface area contributed by atoms with E-state index >= 15 is 0 Å². The molecule has 2 aromatic rings. The van der Waals surface area contributed by atoms with E-state index in [0.717, 1.165) is 18.6 Å². The zero-order chi connectivity index (χ0) is 18.9. The minimum atomic E-state index is -0.370. The predicted molar refractivity (Wildman–Crippen MR) is 102 cm³/mol. The number of benzene rings is 1. The van der Waals surface area contributed by atoms with Crippen LogP contribution in [0, 0.1) is 0 Å². The summed E-state index contributed by atoms with van der Waals surface area (Å²) < 4.78 is 5.57. The number of nitrogens with one attached hydrogen (secondary N) is 2. The average Bonchev–Trinajstić information content (AvgIpc) is 2.63. The number of carbonyl (C=O) groups excluding carboxylic acids is 2. The van der Waals surface area contributed by atoms with Crippen molar-refractivity contribution in [2.45, 2.75) is 39.7 Å². The molecule has 0 aliphatic rings. The Balaban J connectivity index is 2.01. The number of hydrogen-bond donors (Lipinski definition) is 2. The van der Waals surface area contributed by atoms with Gasteiger partial charge in [-0.05, 0) is 56.7 Å². The second kappa shape index (κ2) is 9.56. The largest absolute Gasteiger partial charge is 0.491 e. The van der Waals surface area contributed by atoms with Crippen LogP contribution in [0.15, 0.2) is 42.6 Å². The number of carbonyl (C=O) groups is 2. The van der Waals surface area contributed by atoms with Crippen molar-refractivity contribution in [1.82, 2.24) is 10.3 Å². The Bertz CT molecular complexity index is 742. The molecule has 0 aliphatic carbocycles. The molecular formula is C20H25N3O3. The van der Waals surface area contributed by atoms with Gasteiger partial charge in [-0.2, -0.15) is 0 Å². The zero-order valence-electron chi connectivity index (χ0n) is 15.4. The van der Waals surface area contributed by atoms with Crippen molar-refractivity contribution in [3.8, 4) is 5.75 Å². The van der Waals surface area contributed by atoms with Crippen molar-refractivity contribution in [1.29, 1.82) is 0 Å². The maximum absolute atomic E-state index is 12.4. The van der Waals surface area contributed by atoms with Gasteiger partial charge in [0.25, 0.3) is 11.8 Å². The molecule has 0 unspecified atom stereocenters. The van der Waals surface area contributed by atoms with E-state index in [-0.39, 0.29) is 23.6 Å². The van der Waals surface area contributed by atoms with Crippen molar-refractivity contribution >= 4 is 17.5 Å². The lowest BCUT2D eigenvalue weighted by atomic mass is 10.2. The van der Waals surface area contributed by atoms with Gasteiger partial charge in [0.2, 0.25) is 0 Å². The standard InChI is InChI=1S/C20H25N3O3/c1-4-5-11-22-19(24)15-10-12-21-18(13-15)20(25)23-16-6-8-17(9-7-16)26-14(2)3/h6-10,12-14H,4-5,11H2,1-3H3,(H,22,24)(H,23,25). The fraction of sp³-hybridized carbons (Fsp3) is 0.350. The van der Waals surface area contributed by atoms with Crippen molar-refractivity contribution in [3.63, 3.8) is 0 Å². The highest BCUT2D eigenvalue weighted by molar-refractivity contribution is 6.04. The molecule has 0 saturated heterocycles. The van der Waals surface area contributed by atoms with Gasteiger partial charge in [0, 0.05) is 24.0 Å². The van der Waals surface area contributed by atoms with Crippen molar-refractivity contribution in [2.24, 2.45) is 0 Å². The first-order chi connectivity index (χ1) is 12.5. The van der Waals surface area contributed by atoms with Crippen LogP contribution in [-0.2, 0) is 0 Å². The first kappa shape index (κ1) is 19.4. The third-order valence-electron chi connectivity index (χ3n) is 3.55. The molecule has 0 atom stereocenters. The second-order valence-electron chi connectivity index (χ2n) is 6.18. The van der Waals surface area contributed by atoms with Crippen LogP contribution in [0.25, 0.3) is 0 Å². The summed E-state index contributed by atoms with van der Waals surface area (Å²) >= 11 is 0. The van der Waals surface area contributed by atoms with Gasteiger partial charge in [0.15, 0.2) is 0 Å². The molecule has 138 valence electrons. The molecule has 1 aromatic carbocycles. The lowest BCUT2D eigenvalue weighted by Gasteiger charge is -2.11. The Morgan fingerprint density at radius 1 is 1.12 bits per heavy atom. The molecule has 2 amide bonds. The molecule has 0 fully saturated rings. The summed E-state index contributed by atoms with van der Waals surface area (Å²) in [5.74, 6) is 0.165.